The fourth-order valence-electron chi connectivity index (χ4n) is 2.37. The molecule has 100 valence electrons. The van der Waals surface area contributed by atoms with Gasteiger partial charge in [0.25, 0.3) is 5.91 Å². The van der Waals surface area contributed by atoms with Gasteiger partial charge in [-0.1, -0.05) is 30.3 Å². The Hall–Kier alpha value is -2.55. The van der Waals surface area contributed by atoms with Gasteiger partial charge in [0, 0.05) is 30.2 Å². The lowest BCUT2D eigenvalue weighted by atomic mass is 10.1. The molecule has 0 radical (unpaired) electrons. The Morgan fingerprint density at radius 1 is 1.10 bits per heavy atom. The summed E-state index contributed by atoms with van der Waals surface area (Å²) in [7, 11) is 1.95. The molecular formula is C17H16N2O. The third-order valence-corrected chi connectivity index (χ3v) is 3.44. The average molecular weight is 264 g/mol. The number of para-hydroxylation sites is 1. The summed E-state index contributed by atoms with van der Waals surface area (Å²) in [4.78, 5) is 14.1. The summed E-state index contributed by atoms with van der Waals surface area (Å²) < 4.78 is 0. The Balaban J connectivity index is 1.99. The molecule has 1 heterocycles. The van der Waals surface area contributed by atoms with Crippen molar-refractivity contribution in [3.8, 4) is 0 Å². The molecule has 1 N–H and O–H groups in total. The van der Waals surface area contributed by atoms with Crippen LogP contribution in [0.5, 0.6) is 0 Å². The van der Waals surface area contributed by atoms with Gasteiger partial charge in [-0.15, -0.1) is 0 Å². The molecule has 1 aliphatic heterocycles. The third-order valence-electron chi connectivity index (χ3n) is 3.44. The van der Waals surface area contributed by atoms with E-state index in [4.69, 9.17) is 0 Å². The molecule has 3 nitrogen and oxygen atoms in total. The van der Waals surface area contributed by atoms with Crippen LogP contribution in [0.2, 0.25) is 0 Å². The molecule has 0 atom stereocenters. The molecule has 0 spiro atoms. The van der Waals surface area contributed by atoms with E-state index < -0.39 is 0 Å². The van der Waals surface area contributed by atoms with Crippen LogP contribution in [0.4, 0.5) is 11.4 Å². The van der Waals surface area contributed by atoms with Gasteiger partial charge in [-0.2, -0.15) is 0 Å². The second kappa shape index (κ2) is 4.85. The minimum Gasteiger partial charge on any atom is -0.350 e. The van der Waals surface area contributed by atoms with E-state index >= 15 is 0 Å². The molecule has 20 heavy (non-hydrogen) atoms. The zero-order chi connectivity index (χ0) is 14.1. The number of nitrogens with one attached hydrogen (secondary N) is 1. The van der Waals surface area contributed by atoms with Crippen molar-refractivity contribution in [1.82, 2.24) is 0 Å². The summed E-state index contributed by atoms with van der Waals surface area (Å²) in [5, 5.41) is 2.91. The first-order chi connectivity index (χ1) is 9.65. The predicted molar refractivity (Wildman–Crippen MR) is 82.6 cm³/mol. The van der Waals surface area contributed by atoms with Crippen LogP contribution in [0.15, 0.2) is 54.7 Å². The van der Waals surface area contributed by atoms with Crippen LogP contribution in [0.3, 0.4) is 0 Å². The number of benzene rings is 2. The molecular weight excluding hydrogens is 248 g/mol. The minimum atomic E-state index is -0.0478. The van der Waals surface area contributed by atoms with E-state index in [-0.39, 0.29) is 5.91 Å². The van der Waals surface area contributed by atoms with Crippen LogP contribution in [0.25, 0.3) is 5.57 Å². The highest BCUT2D eigenvalue weighted by atomic mass is 16.2. The van der Waals surface area contributed by atoms with Crippen LogP contribution in [-0.2, 0) is 4.79 Å². The second-order valence-electron chi connectivity index (χ2n) is 4.99. The van der Waals surface area contributed by atoms with Gasteiger partial charge in [0.05, 0.1) is 5.57 Å². The first kappa shape index (κ1) is 12.5. The van der Waals surface area contributed by atoms with Crippen LogP contribution in [0.1, 0.15) is 11.1 Å². The first-order valence-corrected chi connectivity index (χ1v) is 6.57. The number of hydrogen-bond acceptors (Lipinski definition) is 2. The number of carbonyl (C=O) groups excluding carboxylic acids is 1. The molecule has 2 aromatic carbocycles. The number of amides is 1. The number of nitrogens with zero attached hydrogens (tertiary/aromatic N) is 1. The van der Waals surface area contributed by atoms with E-state index in [1.165, 1.54) is 0 Å². The van der Waals surface area contributed by atoms with Gasteiger partial charge in [0.15, 0.2) is 0 Å². The Bertz CT molecular complexity index is 689. The Kier molecular flexibility index (Phi) is 3.03. The molecule has 2 aromatic rings. The number of fused-ring (bicyclic) bond motifs is 1. The van der Waals surface area contributed by atoms with E-state index in [0.29, 0.717) is 5.57 Å². The van der Waals surface area contributed by atoms with Gasteiger partial charge in [-0.05, 0) is 30.7 Å². The number of hydrogen-bond donors (Lipinski definition) is 1. The summed E-state index contributed by atoms with van der Waals surface area (Å²) in [6.07, 6.45) is 1.88. The van der Waals surface area contributed by atoms with Crippen LogP contribution < -0.4 is 10.2 Å². The Labute approximate surface area is 118 Å². The topological polar surface area (TPSA) is 32.3 Å². The number of carbonyl (C=O) groups is 1. The van der Waals surface area contributed by atoms with E-state index in [9.17, 15) is 4.79 Å². The average Bonchev–Trinajstić information content (AvgIpc) is 2.75. The summed E-state index contributed by atoms with van der Waals surface area (Å²) in [5.41, 5.74) is 4.74. The number of anilines is 2. The molecule has 0 bridgehead atoms. The fourth-order valence-corrected chi connectivity index (χ4v) is 2.37. The van der Waals surface area contributed by atoms with Crippen molar-refractivity contribution in [3.63, 3.8) is 0 Å². The van der Waals surface area contributed by atoms with Gasteiger partial charge < -0.3 is 10.2 Å². The zero-order valence-corrected chi connectivity index (χ0v) is 11.6. The monoisotopic (exact) mass is 264 g/mol. The lowest BCUT2D eigenvalue weighted by Gasteiger charge is -2.14. The highest BCUT2D eigenvalue weighted by molar-refractivity contribution is 6.31. The van der Waals surface area contributed by atoms with Crippen molar-refractivity contribution in [2.45, 2.75) is 6.92 Å². The van der Waals surface area contributed by atoms with Crippen molar-refractivity contribution in [2.24, 2.45) is 0 Å². The van der Waals surface area contributed by atoms with Gasteiger partial charge in [-0.25, -0.2) is 0 Å². The van der Waals surface area contributed by atoms with E-state index in [0.717, 1.165) is 22.5 Å². The lowest BCUT2D eigenvalue weighted by molar-refractivity contribution is -0.110. The predicted octanol–water partition coefficient (Wildman–Crippen LogP) is 3.42. The third kappa shape index (κ3) is 2.18. The molecule has 0 fully saturated rings. The SMILES string of the molecule is Cc1ccc2c(c1)NC(=O)/C2=C/N(C)c1ccccc1. The van der Waals surface area contributed by atoms with Gasteiger partial charge in [-0.3, -0.25) is 4.79 Å². The second-order valence-corrected chi connectivity index (χ2v) is 4.99. The maximum atomic E-state index is 12.1. The lowest BCUT2D eigenvalue weighted by Crippen LogP contribution is -2.12. The van der Waals surface area contributed by atoms with Crippen LogP contribution in [-0.4, -0.2) is 13.0 Å². The summed E-state index contributed by atoms with van der Waals surface area (Å²) in [5.74, 6) is -0.0478. The van der Waals surface area contributed by atoms with Crippen molar-refractivity contribution >= 4 is 22.9 Å². The van der Waals surface area contributed by atoms with Gasteiger partial charge in [0.1, 0.15) is 0 Å². The smallest absolute Gasteiger partial charge is 0.257 e. The Morgan fingerprint density at radius 3 is 2.60 bits per heavy atom. The van der Waals surface area contributed by atoms with Crippen molar-refractivity contribution in [1.29, 1.82) is 0 Å². The van der Waals surface area contributed by atoms with Crippen LogP contribution >= 0.6 is 0 Å². The quantitative estimate of drug-likeness (QED) is 0.843. The maximum absolute atomic E-state index is 12.1. The standard InChI is InChI=1S/C17H16N2O/c1-12-8-9-14-15(17(20)18-16(14)10-12)11-19(2)13-6-4-3-5-7-13/h3-11H,1-2H3,(H,18,20)/b15-11+. The molecule has 0 aliphatic carbocycles. The first-order valence-electron chi connectivity index (χ1n) is 6.57. The fraction of sp³-hybridized carbons (Fsp3) is 0.118. The minimum absolute atomic E-state index is 0.0478. The molecule has 1 amide bonds. The summed E-state index contributed by atoms with van der Waals surface area (Å²) in [6.45, 7) is 2.02. The molecule has 0 saturated heterocycles. The normalized spacial score (nSPS) is 15.1. The largest absolute Gasteiger partial charge is 0.350 e. The summed E-state index contributed by atoms with van der Waals surface area (Å²) >= 11 is 0. The molecule has 3 rings (SSSR count). The summed E-state index contributed by atoms with van der Waals surface area (Å²) in [6, 6.07) is 16.0. The highest BCUT2D eigenvalue weighted by Gasteiger charge is 2.24. The zero-order valence-electron chi connectivity index (χ0n) is 11.6. The van der Waals surface area contributed by atoms with Crippen molar-refractivity contribution in [3.05, 3.63) is 65.9 Å². The van der Waals surface area contributed by atoms with Gasteiger partial charge in [0.2, 0.25) is 0 Å². The molecule has 0 saturated carbocycles. The van der Waals surface area contributed by atoms with Crippen molar-refractivity contribution < 1.29 is 4.79 Å². The molecule has 0 unspecified atom stereocenters. The molecule has 0 aromatic heterocycles. The molecule has 1 aliphatic rings. The van der Waals surface area contributed by atoms with Crippen LogP contribution in [0, 0.1) is 6.92 Å². The van der Waals surface area contributed by atoms with E-state index in [2.05, 4.69) is 5.32 Å². The maximum Gasteiger partial charge on any atom is 0.257 e. The Morgan fingerprint density at radius 2 is 1.85 bits per heavy atom. The molecule has 3 heteroatoms. The van der Waals surface area contributed by atoms with E-state index in [1.54, 1.807) is 0 Å². The highest BCUT2D eigenvalue weighted by Crippen LogP contribution is 2.32. The van der Waals surface area contributed by atoms with E-state index in [1.807, 2.05) is 73.6 Å². The number of rotatable bonds is 2. The number of aryl methyl sites for hydroxylation is 1. The van der Waals surface area contributed by atoms with Crippen molar-refractivity contribution in [2.75, 3.05) is 17.3 Å². The van der Waals surface area contributed by atoms with Gasteiger partial charge >= 0.3 is 0 Å².